The minimum absolute atomic E-state index is 0.0905. The van der Waals surface area contributed by atoms with E-state index in [0.29, 0.717) is 6.07 Å². The van der Waals surface area contributed by atoms with E-state index in [4.69, 9.17) is 5.73 Å². The number of rotatable bonds is 4. The standard InChI is InChI=1S/C10H12F2N2O2/c1-16-3-2-10(15)14-9-5-8(13)6(11)4-7(9)12/h4-5H,2-3,13H2,1H3,(H,14,15). The zero-order valence-corrected chi connectivity index (χ0v) is 8.72. The lowest BCUT2D eigenvalue weighted by molar-refractivity contribution is -0.117. The number of hydrogen-bond acceptors (Lipinski definition) is 3. The highest BCUT2D eigenvalue weighted by Crippen LogP contribution is 2.20. The normalized spacial score (nSPS) is 10.2. The molecule has 1 amide bonds. The van der Waals surface area contributed by atoms with Crippen molar-refractivity contribution in [3.05, 3.63) is 23.8 Å². The van der Waals surface area contributed by atoms with Crippen LogP contribution in [0.5, 0.6) is 0 Å². The molecular weight excluding hydrogens is 218 g/mol. The summed E-state index contributed by atoms with van der Waals surface area (Å²) < 4.78 is 30.7. The molecule has 0 aliphatic carbocycles. The van der Waals surface area contributed by atoms with E-state index in [9.17, 15) is 13.6 Å². The van der Waals surface area contributed by atoms with E-state index in [1.54, 1.807) is 0 Å². The number of methoxy groups -OCH3 is 1. The molecule has 0 saturated heterocycles. The average molecular weight is 230 g/mol. The smallest absolute Gasteiger partial charge is 0.226 e. The lowest BCUT2D eigenvalue weighted by Gasteiger charge is -2.07. The van der Waals surface area contributed by atoms with Crippen molar-refractivity contribution in [2.24, 2.45) is 0 Å². The van der Waals surface area contributed by atoms with Crippen LogP contribution in [0.1, 0.15) is 6.42 Å². The zero-order valence-electron chi connectivity index (χ0n) is 8.72. The van der Waals surface area contributed by atoms with Gasteiger partial charge < -0.3 is 15.8 Å². The van der Waals surface area contributed by atoms with Gasteiger partial charge >= 0.3 is 0 Å². The van der Waals surface area contributed by atoms with Gasteiger partial charge in [0.1, 0.15) is 11.6 Å². The molecule has 16 heavy (non-hydrogen) atoms. The van der Waals surface area contributed by atoms with Gasteiger partial charge in [-0.25, -0.2) is 8.78 Å². The van der Waals surface area contributed by atoms with Gasteiger partial charge in [-0.3, -0.25) is 4.79 Å². The molecule has 0 saturated carbocycles. The lowest BCUT2D eigenvalue weighted by Crippen LogP contribution is -2.15. The summed E-state index contributed by atoms with van der Waals surface area (Å²) >= 11 is 0. The SMILES string of the molecule is COCCC(=O)Nc1cc(N)c(F)cc1F. The van der Waals surface area contributed by atoms with E-state index >= 15 is 0 Å². The highest BCUT2D eigenvalue weighted by atomic mass is 19.1. The van der Waals surface area contributed by atoms with Gasteiger partial charge in [0, 0.05) is 13.2 Å². The average Bonchev–Trinajstić information content (AvgIpc) is 2.23. The third-order valence-electron chi connectivity index (χ3n) is 1.89. The fourth-order valence-electron chi connectivity index (χ4n) is 1.07. The summed E-state index contributed by atoms with van der Waals surface area (Å²) in [7, 11) is 1.45. The van der Waals surface area contributed by atoms with Crippen LogP contribution in [-0.2, 0) is 9.53 Å². The van der Waals surface area contributed by atoms with Crippen LogP contribution in [0, 0.1) is 11.6 Å². The number of ether oxygens (including phenoxy) is 1. The summed E-state index contributed by atoms with van der Waals surface area (Å²) in [6.45, 7) is 0.226. The molecule has 1 aromatic rings. The minimum Gasteiger partial charge on any atom is -0.396 e. The second kappa shape index (κ2) is 5.41. The summed E-state index contributed by atoms with van der Waals surface area (Å²) in [5.41, 5.74) is 4.89. The number of nitrogens with one attached hydrogen (secondary N) is 1. The van der Waals surface area contributed by atoms with E-state index in [2.05, 4.69) is 10.1 Å². The van der Waals surface area contributed by atoms with Crippen molar-refractivity contribution in [1.82, 2.24) is 0 Å². The third kappa shape index (κ3) is 3.16. The molecule has 6 heteroatoms. The van der Waals surface area contributed by atoms with E-state index in [-0.39, 0.29) is 24.4 Å². The Hall–Kier alpha value is -1.69. The number of nitrogen functional groups attached to an aromatic ring is 1. The summed E-state index contributed by atoms with van der Waals surface area (Å²) in [6.07, 6.45) is 0.0905. The number of carbonyl (C=O) groups excluding carboxylic acids is 1. The predicted molar refractivity (Wildman–Crippen MR) is 55.9 cm³/mol. The van der Waals surface area contributed by atoms with Gasteiger partial charge in [-0.1, -0.05) is 0 Å². The van der Waals surface area contributed by atoms with E-state index in [1.807, 2.05) is 0 Å². The van der Waals surface area contributed by atoms with E-state index in [1.165, 1.54) is 7.11 Å². The Morgan fingerprint density at radius 1 is 1.44 bits per heavy atom. The molecule has 0 unspecified atom stereocenters. The van der Waals surface area contributed by atoms with Crippen LogP contribution in [0.4, 0.5) is 20.2 Å². The molecule has 4 nitrogen and oxygen atoms in total. The molecule has 0 spiro atoms. The first-order chi connectivity index (χ1) is 7.54. The quantitative estimate of drug-likeness (QED) is 0.771. The molecule has 0 radical (unpaired) electrons. The summed E-state index contributed by atoms with van der Waals surface area (Å²) in [4.78, 5) is 11.2. The third-order valence-corrected chi connectivity index (χ3v) is 1.89. The van der Waals surface area contributed by atoms with Crippen molar-refractivity contribution in [1.29, 1.82) is 0 Å². The highest BCUT2D eigenvalue weighted by molar-refractivity contribution is 5.91. The molecule has 88 valence electrons. The van der Waals surface area contributed by atoms with Gasteiger partial charge in [-0.15, -0.1) is 0 Å². The molecule has 0 bridgehead atoms. The fourth-order valence-corrected chi connectivity index (χ4v) is 1.07. The Kier molecular flexibility index (Phi) is 4.19. The first kappa shape index (κ1) is 12.4. The molecule has 1 aromatic carbocycles. The molecule has 0 aliphatic rings. The highest BCUT2D eigenvalue weighted by Gasteiger charge is 2.10. The van der Waals surface area contributed by atoms with Crippen molar-refractivity contribution in [2.75, 3.05) is 24.8 Å². The van der Waals surface area contributed by atoms with Gasteiger partial charge in [-0.2, -0.15) is 0 Å². The summed E-state index contributed by atoms with van der Waals surface area (Å²) in [6, 6.07) is 1.66. The number of hydrogen-bond donors (Lipinski definition) is 2. The van der Waals surface area contributed by atoms with Crippen molar-refractivity contribution < 1.29 is 18.3 Å². The number of amides is 1. The molecule has 0 heterocycles. The first-order valence-corrected chi connectivity index (χ1v) is 4.58. The van der Waals surface area contributed by atoms with Crippen molar-refractivity contribution in [3.8, 4) is 0 Å². The van der Waals surface area contributed by atoms with Crippen LogP contribution < -0.4 is 11.1 Å². The Morgan fingerprint density at radius 3 is 2.75 bits per heavy atom. The van der Waals surface area contributed by atoms with Gasteiger partial charge in [0.05, 0.1) is 24.4 Å². The second-order valence-corrected chi connectivity index (χ2v) is 3.14. The Labute approximate surface area is 91.4 Å². The van der Waals surface area contributed by atoms with Gasteiger partial charge in [0.25, 0.3) is 0 Å². The summed E-state index contributed by atoms with van der Waals surface area (Å²) in [5, 5.41) is 2.27. The van der Waals surface area contributed by atoms with E-state index in [0.717, 1.165) is 6.07 Å². The lowest BCUT2D eigenvalue weighted by atomic mass is 10.2. The maximum Gasteiger partial charge on any atom is 0.226 e. The van der Waals surface area contributed by atoms with Gasteiger partial charge in [-0.05, 0) is 6.07 Å². The first-order valence-electron chi connectivity index (χ1n) is 4.58. The van der Waals surface area contributed by atoms with Crippen LogP contribution in [0.25, 0.3) is 0 Å². The predicted octanol–water partition coefficient (Wildman–Crippen LogP) is 1.52. The van der Waals surface area contributed by atoms with Crippen molar-refractivity contribution in [2.45, 2.75) is 6.42 Å². The Bertz CT molecular complexity index is 397. The van der Waals surface area contributed by atoms with Gasteiger partial charge in [0.2, 0.25) is 5.91 Å². The molecule has 0 fully saturated rings. The fraction of sp³-hybridized carbons (Fsp3) is 0.300. The number of benzene rings is 1. The van der Waals surface area contributed by atoms with Crippen molar-refractivity contribution >= 4 is 17.3 Å². The summed E-state index contributed by atoms with van der Waals surface area (Å²) in [5.74, 6) is -2.14. The number of halogens is 2. The molecule has 0 aromatic heterocycles. The zero-order chi connectivity index (χ0) is 12.1. The molecular formula is C10H12F2N2O2. The minimum atomic E-state index is -0.863. The topological polar surface area (TPSA) is 64.3 Å². The van der Waals surface area contributed by atoms with Crippen LogP contribution in [0.2, 0.25) is 0 Å². The van der Waals surface area contributed by atoms with Gasteiger partial charge in [0.15, 0.2) is 0 Å². The maximum absolute atomic E-state index is 13.2. The molecule has 1 rings (SSSR count). The van der Waals surface area contributed by atoms with Crippen molar-refractivity contribution in [3.63, 3.8) is 0 Å². The van der Waals surface area contributed by atoms with Crippen LogP contribution in [0.3, 0.4) is 0 Å². The monoisotopic (exact) mass is 230 g/mol. The van der Waals surface area contributed by atoms with Crippen LogP contribution >= 0.6 is 0 Å². The molecule has 0 atom stereocenters. The van der Waals surface area contributed by atoms with Crippen LogP contribution in [0.15, 0.2) is 12.1 Å². The number of carbonyl (C=O) groups is 1. The second-order valence-electron chi connectivity index (χ2n) is 3.14. The number of anilines is 2. The number of nitrogens with two attached hydrogens (primary N) is 1. The van der Waals surface area contributed by atoms with E-state index < -0.39 is 17.5 Å². The Balaban J connectivity index is 2.73. The largest absolute Gasteiger partial charge is 0.396 e. The molecule has 3 N–H and O–H groups in total. The molecule has 0 aliphatic heterocycles. The Morgan fingerprint density at radius 2 is 2.12 bits per heavy atom. The maximum atomic E-state index is 13.2. The van der Waals surface area contributed by atoms with Crippen LogP contribution in [-0.4, -0.2) is 19.6 Å².